The van der Waals surface area contributed by atoms with Gasteiger partial charge in [-0.25, -0.2) is 4.79 Å². The van der Waals surface area contributed by atoms with Gasteiger partial charge >= 0.3 is 5.97 Å². The number of aromatic nitrogens is 2. The topological polar surface area (TPSA) is 84.2 Å². The minimum Gasteiger partial charge on any atom is -0.480 e. The molecule has 0 aliphatic carbocycles. The summed E-state index contributed by atoms with van der Waals surface area (Å²) in [6.07, 6.45) is 3.05. The Labute approximate surface area is 128 Å². The molecule has 0 spiro atoms. The van der Waals surface area contributed by atoms with E-state index < -0.39 is 17.9 Å². The van der Waals surface area contributed by atoms with E-state index in [1.165, 1.54) is 6.20 Å². The third-order valence-corrected chi connectivity index (χ3v) is 3.30. The van der Waals surface area contributed by atoms with Crippen molar-refractivity contribution in [3.05, 3.63) is 53.9 Å². The molecule has 0 saturated carbocycles. The van der Waals surface area contributed by atoms with Crippen LogP contribution in [-0.2, 0) is 11.3 Å². The summed E-state index contributed by atoms with van der Waals surface area (Å²) in [5, 5.41) is 15.8. The summed E-state index contributed by atoms with van der Waals surface area (Å²) in [7, 11) is 0. The minimum absolute atomic E-state index is 0.194. The molecule has 116 valence electrons. The lowest BCUT2D eigenvalue weighted by atomic mass is 10.0. The summed E-state index contributed by atoms with van der Waals surface area (Å²) >= 11 is 0. The molecular weight excluding hydrogens is 282 g/mol. The molecule has 2 N–H and O–H groups in total. The molecule has 1 heterocycles. The van der Waals surface area contributed by atoms with Gasteiger partial charge in [0.05, 0.1) is 18.3 Å². The van der Waals surface area contributed by atoms with Crippen LogP contribution in [0.1, 0.15) is 29.8 Å². The van der Waals surface area contributed by atoms with Crippen molar-refractivity contribution < 1.29 is 14.7 Å². The van der Waals surface area contributed by atoms with Crippen LogP contribution in [0.3, 0.4) is 0 Å². The van der Waals surface area contributed by atoms with E-state index in [-0.39, 0.29) is 5.92 Å². The van der Waals surface area contributed by atoms with Gasteiger partial charge in [0.2, 0.25) is 0 Å². The van der Waals surface area contributed by atoms with Gasteiger partial charge in [0, 0.05) is 6.20 Å². The third kappa shape index (κ3) is 3.94. The molecule has 0 bridgehead atoms. The second kappa shape index (κ2) is 6.89. The second-order valence-corrected chi connectivity index (χ2v) is 5.45. The number of amides is 1. The summed E-state index contributed by atoms with van der Waals surface area (Å²) in [5.74, 6) is -1.67. The third-order valence-electron chi connectivity index (χ3n) is 3.30. The Morgan fingerprint density at radius 2 is 1.95 bits per heavy atom. The van der Waals surface area contributed by atoms with Crippen LogP contribution in [0.2, 0.25) is 0 Å². The monoisotopic (exact) mass is 301 g/mol. The summed E-state index contributed by atoms with van der Waals surface area (Å²) < 4.78 is 1.65. The van der Waals surface area contributed by atoms with E-state index in [1.54, 1.807) is 24.7 Å². The van der Waals surface area contributed by atoms with E-state index in [0.717, 1.165) is 5.56 Å². The Bertz CT molecular complexity index is 650. The molecule has 0 unspecified atom stereocenters. The Kier molecular flexibility index (Phi) is 4.93. The van der Waals surface area contributed by atoms with Crippen LogP contribution in [-0.4, -0.2) is 32.8 Å². The molecule has 6 nitrogen and oxygen atoms in total. The van der Waals surface area contributed by atoms with Crippen molar-refractivity contribution in [3.63, 3.8) is 0 Å². The van der Waals surface area contributed by atoms with Crippen molar-refractivity contribution in [3.8, 4) is 0 Å². The Hall–Kier alpha value is -2.63. The molecule has 0 aliphatic rings. The highest BCUT2D eigenvalue weighted by Crippen LogP contribution is 2.06. The lowest BCUT2D eigenvalue weighted by Gasteiger charge is -2.17. The van der Waals surface area contributed by atoms with Crippen molar-refractivity contribution in [2.75, 3.05) is 0 Å². The zero-order valence-electron chi connectivity index (χ0n) is 12.6. The molecule has 2 rings (SSSR count). The molecular formula is C16H19N3O3. The van der Waals surface area contributed by atoms with E-state index in [2.05, 4.69) is 10.4 Å². The van der Waals surface area contributed by atoms with Gasteiger partial charge in [-0.05, 0) is 11.5 Å². The molecule has 1 aromatic carbocycles. The highest BCUT2D eigenvalue weighted by atomic mass is 16.4. The fourth-order valence-electron chi connectivity index (χ4n) is 2.08. The largest absolute Gasteiger partial charge is 0.480 e. The van der Waals surface area contributed by atoms with E-state index in [4.69, 9.17) is 5.11 Å². The lowest BCUT2D eigenvalue weighted by Crippen LogP contribution is -2.44. The van der Waals surface area contributed by atoms with E-state index in [0.29, 0.717) is 12.1 Å². The maximum atomic E-state index is 12.1. The molecule has 0 saturated heterocycles. The van der Waals surface area contributed by atoms with Crippen LogP contribution in [0.4, 0.5) is 0 Å². The van der Waals surface area contributed by atoms with Crippen LogP contribution in [0.25, 0.3) is 0 Å². The number of benzene rings is 1. The molecule has 0 radical (unpaired) electrons. The van der Waals surface area contributed by atoms with Crippen LogP contribution >= 0.6 is 0 Å². The van der Waals surface area contributed by atoms with Gasteiger partial charge in [-0.3, -0.25) is 9.48 Å². The number of nitrogens with zero attached hydrogens (tertiary/aromatic N) is 2. The van der Waals surface area contributed by atoms with Gasteiger partial charge < -0.3 is 10.4 Å². The van der Waals surface area contributed by atoms with Crippen LogP contribution in [0, 0.1) is 5.92 Å². The van der Waals surface area contributed by atoms with Crippen LogP contribution in [0.15, 0.2) is 42.7 Å². The fourth-order valence-corrected chi connectivity index (χ4v) is 2.08. The van der Waals surface area contributed by atoms with Crippen molar-refractivity contribution in [1.29, 1.82) is 0 Å². The number of carboxylic acid groups (broad SMARTS) is 1. The molecule has 1 amide bonds. The predicted molar refractivity (Wildman–Crippen MR) is 81.5 cm³/mol. The number of carbonyl (C=O) groups is 2. The van der Waals surface area contributed by atoms with Crippen molar-refractivity contribution in [2.45, 2.75) is 26.4 Å². The van der Waals surface area contributed by atoms with Gasteiger partial charge in [0.25, 0.3) is 5.91 Å². The van der Waals surface area contributed by atoms with Crippen LogP contribution in [0.5, 0.6) is 0 Å². The molecule has 0 aliphatic heterocycles. The Balaban J connectivity index is 2.04. The molecule has 1 aromatic heterocycles. The van der Waals surface area contributed by atoms with Gasteiger partial charge in [-0.1, -0.05) is 44.2 Å². The van der Waals surface area contributed by atoms with Crippen molar-refractivity contribution >= 4 is 11.9 Å². The quantitative estimate of drug-likeness (QED) is 0.851. The average molecular weight is 301 g/mol. The van der Waals surface area contributed by atoms with E-state index in [1.807, 2.05) is 30.3 Å². The van der Waals surface area contributed by atoms with Crippen molar-refractivity contribution in [2.24, 2.45) is 5.92 Å². The first-order valence-corrected chi connectivity index (χ1v) is 7.07. The summed E-state index contributed by atoms with van der Waals surface area (Å²) in [6, 6.07) is 8.84. The SMILES string of the molecule is CC(C)[C@@H](NC(=O)c1cnn(Cc2ccccc2)c1)C(=O)O. The maximum absolute atomic E-state index is 12.1. The normalized spacial score (nSPS) is 12.1. The van der Waals surface area contributed by atoms with Crippen molar-refractivity contribution in [1.82, 2.24) is 15.1 Å². The average Bonchev–Trinajstić information content (AvgIpc) is 2.93. The summed E-state index contributed by atoms with van der Waals surface area (Å²) in [6.45, 7) is 4.05. The lowest BCUT2D eigenvalue weighted by molar-refractivity contribution is -0.140. The number of rotatable bonds is 6. The second-order valence-electron chi connectivity index (χ2n) is 5.45. The van der Waals surface area contributed by atoms with Crippen LogP contribution < -0.4 is 5.32 Å². The van der Waals surface area contributed by atoms with Gasteiger partial charge in [-0.15, -0.1) is 0 Å². The number of carbonyl (C=O) groups excluding carboxylic acids is 1. The highest BCUT2D eigenvalue weighted by Gasteiger charge is 2.24. The standard InChI is InChI=1S/C16H19N3O3/c1-11(2)14(16(21)22)18-15(20)13-8-17-19(10-13)9-12-6-4-3-5-7-12/h3-8,10-11,14H,9H2,1-2H3,(H,18,20)(H,21,22)/t14-/m1/s1. The number of aliphatic carboxylic acids is 1. The van der Waals surface area contributed by atoms with Gasteiger partial charge in [-0.2, -0.15) is 5.10 Å². The minimum atomic E-state index is -1.04. The fraction of sp³-hybridized carbons (Fsp3) is 0.312. The molecule has 0 fully saturated rings. The van der Waals surface area contributed by atoms with Gasteiger partial charge in [0.1, 0.15) is 6.04 Å². The molecule has 22 heavy (non-hydrogen) atoms. The predicted octanol–water partition coefficient (Wildman–Crippen LogP) is 1.77. The smallest absolute Gasteiger partial charge is 0.326 e. The highest BCUT2D eigenvalue weighted by molar-refractivity contribution is 5.96. The van der Waals surface area contributed by atoms with Gasteiger partial charge in [0.15, 0.2) is 0 Å². The first-order chi connectivity index (χ1) is 10.5. The zero-order chi connectivity index (χ0) is 16.1. The Morgan fingerprint density at radius 3 is 2.55 bits per heavy atom. The first kappa shape index (κ1) is 15.8. The first-order valence-electron chi connectivity index (χ1n) is 7.07. The summed E-state index contributed by atoms with van der Waals surface area (Å²) in [4.78, 5) is 23.2. The summed E-state index contributed by atoms with van der Waals surface area (Å²) in [5.41, 5.74) is 1.42. The number of carboxylic acids is 1. The molecule has 6 heteroatoms. The number of hydrogen-bond acceptors (Lipinski definition) is 3. The Morgan fingerprint density at radius 1 is 1.27 bits per heavy atom. The maximum Gasteiger partial charge on any atom is 0.326 e. The van der Waals surface area contributed by atoms with E-state index in [9.17, 15) is 9.59 Å². The number of hydrogen-bond donors (Lipinski definition) is 2. The molecule has 1 atom stereocenters. The zero-order valence-corrected chi connectivity index (χ0v) is 12.6. The molecule has 2 aromatic rings. The van der Waals surface area contributed by atoms with E-state index >= 15 is 0 Å². The number of nitrogens with one attached hydrogen (secondary N) is 1.